The van der Waals surface area contributed by atoms with E-state index in [4.69, 9.17) is 14.2 Å². The highest BCUT2D eigenvalue weighted by Crippen LogP contribution is 2.22. The Kier molecular flexibility index (Phi) is 23.2. The molecule has 0 radical (unpaired) electrons. The van der Waals surface area contributed by atoms with Crippen LogP contribution >= 0.6 is 21.6 Å². The van der Waals surface area contributed by atoms with E-state index in [0.29, 0.717) is 37.2 Å². The zero-order valence-electron chi connectivity index (χ0n) is 25.6. The quantitative estimate of drug-likeness (QED) is 0.0605. The van der Waals surface area contributed by atoms with Crippen LogP contribution < -0.4 is 4.74 Å². The fourth-order valence-electron chi connectivity index (χ4n) is 4.32. The van der Waals surface area contributed by atoms with E-state index in [1.54, 1.807) is 26.5 Å². The number of esters is 2. The van der Waals surface area contributed by atoms with E-state index < -0.39 is 0 Å². The molecule has 0 aromatic heterocycles. The molecule has 0 aliphatic heterocycles. The predicted molar refractivity (Wildman–Crippen MR) is 171 cm³/mol. The Morgan fingerprint density at radius 3 is 1.85 bits per heavy atom. The summed E-state index contributed by atoms with van der Waals surface area (Å²) in [5.74, 6) is 2.47. The van der Waals surface area contributed by atoms with Crippen LogP contribution in [0.3, 0.4) is 0 Å². The van der Waals surface area contributed by atoms with Gasteiger partial charge in [0.05, 0.1) is 19.6 Å². The van der Waals surface area contributed by atoms with Crippen molar-refractivity contribution in [1.82, 2.24) is 4.90 Å². The maximum atomic E-state index is 12.2. The zero-order chi connectivity index (χ0) is 29.3. The van der Waals surface area contributed by atoms with Gasteiger partial charge in [-0.2, -0.15) is 0 Å². The molecule has 1 aromatic rings. The Labute approximate surface area is 252 Å². The lowest BCUT2D eigenvalue weighted by Crippen LogP contribution is -2.24. The molecule has 0 N–H and O–H groups in total. The first-order valence-corrected chi connectivity index (χ1v) is 17.9. The standard InChI is InChI=1S/C32H55NO5S2/c1-5-7-9-11-12-14-16-29(15-13-10-8-6-2)27-38-30-19-17-28(18-20-30)25-31(34)36-21-23-39-40-24-22-37-32(35)26-33(3)4/h17-20,29H,5-16,21-27H2,1-4H3. The van der Waals surface area contributed by atoms with E-state index in [1.807, 2.05) is 38.4 Å². The van der Waals surface area contributed by atoms with Gasteiger partial charge in [-0.15, -0.1) is 0 Å². The van der Waals surface area contributed by atoms with Crippen molar-refractivity contribution in [2.45, 2.75) is 97.3 Å². The van der Waals surface area contributed by atoms with Gasteiger partial charge in [0.2, 0.25) is 0 Å². The molecule has 6 nitrogen and oxygen atoms in total. The third kappa shape index (κ3) is 21.4. The second-order valence-electron chi connectivity index (χ2n) is 10.7. The Bertz CT molecular complexity index is 760. The average molecular weight is 598 g/mol. The fraction of sp³-hybridized carbons (Fsp3) is 0.750. The van der Waals surface area contributed by atoms with Gasteiger partial charge in [0.25, 0.3) is 0 Å². The molecule has 1 unspecified atom stereocenters. The Hall–Kier alpha value is -1.38. The van der Waals surface area contributed by atoms with Gasteiger partial charge in [-0.25, -0.2) is 0 Å². The molecule has 0 amide bonds. The van der Waals surface area contributed by atoms with Crippen LogP contribution in [0.25, 0.3) is 0 Å². The molecule has 0 saturated heterocycles. The molecule has 230 valence electrons. The smallest absolute Gasteiger partial charge is 0.320 e. The Morgan fingerprint density at radius 1 is 0.750 bits per heavy atom. The number of likely N-dealkylation sites (N-methyl/N-ethyl adjacent to an activating group) is 1. The lowest BCUT2D eigenvalue weighted by Gasteiger charge is -2.18. The molecular weight excluding hydrogens is 542 g/mol. The summed E-state index contributed by atoms with van der Waals surface area (Å²) >= 11 is 0. The monoisotopic (exact) mass is 597 g/mol. The van der Waals surface area contributed by atoms with Crippen molar-refractivity contribution in [3.8, 4) is 5.75 Å². The van der Waals surface area contributed by atoms with Crippen molar-refractivity contribution in [3.63, 3.8) is 0 Å². The lowest BCUT2D eigenvalue weighted by molar-refractivity contribution is -0.144. The van der Waals surface area contributed by atoms with Crippen LogP contribution in [0.2, 0.25) is 0 Å². The topological polar surface area (TPSA) is 65.1 Å². The maximum absolute atomic E-state index is 12.2. The molecule has 40 heavy (non-hydrogen) atoms. The Balaban J connectivity index is 2.24. The van der Waals surface area contributed by atoms with Gasteiger partial charge in [0, 0.05) is 11.5 Å². The highest BCUT2D eigenvalue weighted by molar-refractivity contribution is 8.76. The summed E-state index contributed by atoms with van der Waals surface area (Å²) in [4.78, 5) is 25.5. The number of hydrogen-bond acceptors (Lipinski definition) is 8. The third-order valence-electron chi connectivity index (χ3n) is 6.58. The van der Waals surface area contributed by atoms with Gasteiger partial charge in [-0.1, -0.05) is 112 Å². The van der Waals surface area contributed by atoms with Crippen molar-refractivity contribution in [2.24, 2.45) is 5.92 Å². The molecule has 0 bridgehead atoms. The normalized spacial score (nSPS) is 11.9. The third-order valence-corrected chi connectivity index (χ3v) is 8.91. The summed E-state index contributed by atoms with van der Waals surface area (Å²) in [5.41, 5.74) is 0.933. The van der Waals surface area contributed by atoms with Gasteiger partial charge in [-0.05, 0) is 50.6 Å². The minimum atomic E-state index is -0.219. The first-order valence-electron chi connectivity index (χ1n) is 15.4. The molecular formula is C32H55NO5S2. The second kappa shape index (κ2) is 25.3. The largest absolute Gasteiger partial charge is 0.493 e. The fourth-order valence-corrected chi connectivity index (χ4v) is 5.97. The van der Waals surface area contributed by atoms with E-state index in [-0.39, 0.29) is 18.4 Å². The summed E-state index contributed by atoms with van der Waals surface area (Å²) < 4.78 is 16.7. The van der Waals surface area contributed by atoms with E-state index >= 15 is 0 Å². The minimum Gasteiger partial charge on any atom is -0.493 e. The molecule has 0 spiro atoms. The lowest BCUT2D eigenvalue weighted by atomic mass is 9.95. The SMILES string of the molecule is CCCCCCCCC(CCCCCC)COc1ccc(CC(=O)OCCSSCCOC(=O)CN(C)C)cc1. The highest BCUT2D eigenvalue weighted by atomic mass is 33.1. The second-order valence-corrected chi connectivity index (χ2v) is 13.4. The number of unbranched alkanes of at least 4 members (excludes halogenated alkanes) is 8. The van der Waals surface area contributed by atoms with Gasteiger partial charge < -0.3 is 14.2 Å². The summed E-state index contributed by atoms with van der Waals surface area (Å²) in [6.45, 7) is 6.36. The van der Waals surface area contributed by atoms with Crippen molar-refractivity contribution < 1.29 is 23.8 Å². The first-order chi connectivity index (χ1) is 19.4. The van der Waals surface area contributed by atoms with Gasteiger partial charge in [0.1, 0.15) is 19.0 Å². The number of benzene rings is 1. The van der Waals surface area contributed by atoms with Gasteiger partial charge >= 0.3 is 11.9 Å². The van der Waals surface area contributed by atoms with Crippen LogP contribution in [0.5, 0.6) is 5.75 Å². The minimum absolute atomic E-state index is 0.213. The van der Waals surface area contributed by atoms with Crippen LogP contribution in [0, 0.1) is 5.92 Å². The van der Waals surface area contributed by atoms with E-state index in [1.165, 1.54) is 77.0 Å². The number of rotatable bonds is 26. The van der Waals surface area contributed by atoms with Gasteiger partial charge in [0.15, 0.2) is 0 Å². The molecule has 1 aromatic carbocycles. The highest BCUT2D eigenvalue weighted by Gasteiger charge is 2.11. The zero-order valence-corrected chi connectivity index (χ0v) is 27.3. The summed E-state index contributed by atoms with van der Waals surface area (Å²) in [6.07, 6.45) is 16.0. The Morgan fingerprint density at radius 2 is 1.27 bits per heavy atom. The summed E-state index contributed by atoms with van der Waals surface area (Å²) in [7, 11) is 6.89. The number of ether oxygens (including phenoxy) is 3. The van der Waals surface area contributed by atoms with E-state index in [2.05, 4.69) is 13.8 Å². The van der Waals surface area contributed by atoms with Gasteiger partial charge in [-0.3, -0.25) is 14.5 Å². The van der Waals surface area contributed by atoms with E-state index in [9.17, 15) is 9.59 Å². The first kappa shape index (κ1) is 36.6. The molecule has 0 aliphatic rings. The van der Waals surface area contributed by atoms with Crippen molar-refractivity contribution in [3.05, 3.63) is 29.8 Å². The molecule has 1 atom stereocenters. The molecule has 0 aliphatic carbocycles. The van der Waals surface area contributed by atoms with Crippen LogP contribution in [0.15, 0.2) is 24.3 Å². The van der Waals surface area contributed by atoms with E-state index in [0.717, 1.165) is 17.9 Å². The average Bonchev–Trinajstić information content (AvgIpc) is 2.93. The molecule has 8 heteroatoms. The van der Waals surface area contributed by atoms with Crippen LogP contribution in [-0.4, -0.2) is 68.8 Å². The van der Waals surface area contributed by atoms with Crippen molar-refractivity contribution >= 4 is 33.5 Å². The van der Waals surface area contributed by atoms with Crippen LogP contribution in [0.1, 0.15) is 96.5 Å². The maximum Gasteiger partial charge on any atom is 0.320 e. The number of carbonyl (C=O) groups excluding carboxylic acids is 2. The molecule has 0 fully saturated rings. The molecule has 0 saturated carbocycles. The molecule has 1 rings (SSSR count). The van der Waals surface area contributed by atoms with Crippen molar-refractivity contribution in [1.29, 1.82) is 0 Å². The van der Waals surface area contributed by atoms with Crippen molar-refractivity contribution in [2.75, 3.05) is 52.0 Å². The number of nitrogens with zero attached hydrogens (tertiary/aromatic N) is 1. The number of hydrogen-bond donors (Lipinski definition) is 0. The number of carbonyl (C=O) groups is 2. The molecule has 0 heterocycles. The summed E-state index contributed by atoms with van der Waals surface area (Å²) in [5, 5.41) is 0. The summed E-state index contributed by atoms with van der Waals surface area (Å²) in [6, 6.07) is 7.87. The van der Waals surface area contributed by atoms with Crippen LogP contribution in [0.4, 0.5) is 0 Å². The predicted octanol–water partition coefficient (Wildman–Crippen LogP) is 7.97. The van der Waals surface area contributed by atoms with Crippen LogP contribution in [-0.2, 0) is 25.5 Å².